The SMILES string of the molecule is Cc1cnc(CS(=O)c2nc3ccccc3[n-]2)c(C)c1OCC1COC(C)(C)OC1.[Li+]. The standard InChI is InChI=1S/C22H26N3O4S.Li/c1-14-9-23-19(13-30(26)21-24-17-7-5-6-8-18(17)25-21)15(2)20(14)27-10-16-11-28-22(3,4)29-12-16;/h5-9,16H,10-13H2,1-4H3;/q-1;+1. The fourth-order valence-electron chi connectivity index (χ4n) is 3.32. The van der Waals surface area contributed by atoms with Gasteiger partial charge in [-0.3, -0.25) is 9.19 Å². The molecule has 1 fully saturated rings. The van der Waals surface area contributed by atoms with Gasteiger partial charge < -0.3 is 24.2 Å². The summed E-state index contributed by atoms with van der Waals surface area (Å²) in [5, 5.41) is 0.333. The van der Waals surface area contributed by atoms with E-state index in [1.165, 1.54) is 0 Å². The Morgan fingerprint density at radius 2 is 1.94 bits per heavy atom. The van der Waals surface area contributed by atoms with Crippen LogP contribution >= 0.6 is 0 Å². The van der Waals surface area contributed by atoms with Crippen LogP contribution in [0.4, 0.5) is 0 Å². The number of aromatic nitrogens is 3. The Hall–Kier alpha value is -1.69. The molecule has 3 heterocycles. The van der Waals surface area contributed by atoms with Crippen LogP contribution in [0.3, 0.4) is 0 Å². The summed E-state index contributed by atoms with van der Waals surface area (Å²) >= 11 is 0. The Balaban J connectivity index is 0.00000272. The van der Waals surface area contributed by atoms with Crippen molar-refractivity contribution in [2.75, 3.05) is 19.8 Å². The quantitative estimate of drug-likeness (QED) is 0.515. The number of nitrogens with zero attached hydrogens (tertiary/aromatic N) is 3. The molecule has 160 valence electrons. The number of ether oxygens (including phenoxy) is 3. The van der Waals surface area contributed by atoms with Gasteiger partial charge in [0.15, 0.2) is 5.79 Å². The van der Waals surface area contributed by atoms with Gasteiger partial charge in [0.25, 0.3) is 0 Å². The van der Waals surface area contributed by atoms with Crippen LogP contribution in [-0.2, 0) is 26.0 Å². The van der Waals surface area contributed by atoms with Gasteiger partial charge in [0, 0.05) is 28.4 Å². The average Bonchev–Trinajstić information content (AvgIpc) is 3.15. The molecule has 1 atom stereocenters. The number of para-hydroxylation sites is 2. The summed E-state index contributed by atoms with van der Waals surface area (Å²) in [6, 6.07) is 7.51. The fourth-order valence-corrected chi connectivity index (χ4v) is 4.39. The van der Waals surface area contributed by atoms with Crippen molar-refractivity contribution in [3.63, 3.8) is 0 Å². The molecule has 0 saturated carbocycles. The second kappa shape index (κ2) is 9.84. The van der Waals surface area contributed by atoms with E-state index in [4.69, 9.17) is 14.2 Å². The van der Waals surface area contributed by atoms with E-state index in [0.29, 0.717) is 25.0 Å². The van der Waals surface area contributed by atoms with Crippen LogP contribution in [0.15, 0.2) is 35.6 Å². The third-order valence-corrected chi connectivity index (χ3v) is 6.25. The van der Waals surface area contributed by atoms with Gasteiger partial charge in [-0.25, -0.2) is 0 Å². The molecule has 1 aromatic carbocycles. The van der Waals surface area contributed by atoms with Crippen molar-refractivity contribution in [3.05, 3.63) is 47.3 Å². The second-order valence-electron chi connectivity index (χ2n) is 8.03. The zero-order valence-electron chi connectivity index (χ0n) is 18.7. The van der Waals surface area contributed by atoms with Gasteiger partial charge in [-0.1, -0.05) is 24.3 Å². The van der Waals surface area contributed by atoms with E-state index < -0.39 is 16.6 Å². The number of imidazole rings is 1. The summed E-state index contributed by atoms with van der Waals surface area (Å²) in [4.78, 5) is 13.3. The van der Waals surface area contributed by atoms with Crippen LogP contribution in [0.1, 0.15) is 30.7 Å². The number of aryl methyl sites for hydroxylation is 1. The average molecular weight is 435 g/mol. The molecular formula is C22H26LiN3O4S. The van der Waals surface area contributed by atoms with E-state index >= 15 is 0 Å². The summed E-state index contributed by atoms with van der Waals surface area (Å²) in [5.74, 6) is 0.634. The van der Waals surface area contributed by atoms with Crippen molar-refractivity contribution in [3.8, 4) is 5.75 Å². The number of hydrogen-bond acceptors (Lipinski definition) is 6. The molecule has 3 aromatic rings. The molecule has 0 bridgehead atoms. The number of pyridine rings is 1. The number of hydrogen-bond donors (Lipinski definition) is 0. The Bertz CT molecular complexity index is 1040. The third-order valence-electron chi connectivity index (χ3n) is 5.13. The van der Waals surface area contributed by atoms with Crippen LogP contribution in [0, 0.1) is 19.8 Å². The first-order valence-electron chi connectivity index (χ1n) is 9.96. The Morgan fingerprint density at radius 1 is 1.23 bits per heavy atom. The van der Waals surface area contributed by atoms with Gasteiger partial charge >= 0.3 is 18.9 Å². The van der Waals surface area contributed by atoms with Crippen molar-refractivity contribution >= 4 is 21.8 Å². The number of rotatable bonds is 6. The van der Waals surface area contributed by atoms with Gasteiger partial charge in [-0.05, 0) is 38.7 Å². The Labute approximate surface area is 196 Å². The van der Waals surface area contributed by atoms with Gasteiger partial charge in [0.05, 0.1) is 42.1 Å². The third kappa shape index (κ3) is 5.57. The van der Waals surface area contributed by atoms with E-state index in [-0.39, 0.29) is 30.5 Å². The Morgan fingerprint density at radius 3 is 2.65 bits per heavy atom. The molecule has 1 aliphatic heterocycles. The molecule has 31 heavy (non-hydrogen) atoms. The number of fused-ring (bicyclic) bond motifs is 1. The molecular weight excluding hydrogens is 409 g/mol. The molecule has 9 heteroatoms. The Kier molecular flexibility index (Phi) is 7.61. The molecule has 4 rings (SSSR count). The summed E-state index contributed by atoms with van der Waals surface area (Å²) < 4.78 is 30.4. The van der Waals surface area contributed by atoms with Crippen molar-refractivity contribution in [2.45, 2.75) is 44.4 Å². The molecule has 2 aromatic heterocycles. The maximum absolute atomic E-state index is 12.9. The van der Waals surface area contributed by atoms with E-state index in [1.807, 2.05) is 52.0 Å². The zero-order valence-corrected chi connectivity index (χ0v) is 19.5. The molecule has 1 aliphatic rings. The largest absolute Gasteiger partial charge is 1.00 e. The fraction of sp³-hybridized carbons (Fsp3) is 0.455. The maximum Gasteiger partial charge on any atom is 1.00 e. The summed E-state index contributed by atoms with van der Waals surface area (Å²) in [7, 11) is -1.39. The van der Waals surface area contributed by atoms with Gasteiger partial charge in [-0.2, -0.15) is 0 Å². The maximum atomic E-state index is 12.9. The monoisotopic (exact) mass is 435 g/mol. The van der Waals surface area contributed by atoms with E-state index in [0.717, 1.165) is 33.6 Å². The molecule has 1 unspecified atom stereocenters. The van der Waals surface area contributed by atoms with Crippen LogP contribution in [-0.4, -0.2) is 39.8 Å². The molecule has 0 N–H and O–H groups in total. The topological polar surface area (TPSA) is 84.6 Å². The van der Waals surface area contributed by atoms with Crippen LogP contribution in [0.5, 0.6) is 5.75 Å². The van der Waals surface area contributed by atoms with E-state index in [2.05, 4.69) is 15.0 Å². The summed E-state index contributed by atoms with van der Waals surface area (Å²) in [5.41, 5.74) is 4.05. The first-order valence-corrected chi connectivity index (χ1v) is 11.3. The summed E-state index contributed by atoms with van der Waals surface area (Å²) in [6.45, 7) is 9.40. The number of benzene rings is 1. The van der Waals surface area contributed by atoms with Crippen LogP contribution < -0.4 is 28.6 Å². The van der Waals surface area contributed by atoms with E-state index in [1.54, 1.807) is 6.20 Å². The normalized spacial score (nSPS) is 17.3. The van der Waals surface area contributed by atoms with Crippen LogP contribution in [0.2, 0.25) is 0 Å². The molecule has 0 spiro atoms. The van der Waals surface area contributed by atoms with Crippen molar-refractivity contribution < 1.29 is 37.3 Å². The second-order valence-corrected chi connectivity index (χ2v) is 9.37. The predicted molar refractivity (Wildman–Crippen MR) is 114 cm³/mol. The van der Waals surface area contributed by atoms with Crippen molar-refractivity contribution in [1.29, 1.82) is 0 Å². The van der Waals surface area contributed by atoms with Crippen LogP contribution in [0.25, 0.3) is 11.0 Å². The van der Waals surface area contributed by atoms with Gasteiger partial charge in [0.2, 0.25) is 0 Å². The van der Waals surface area contributed by atoms with Crippen molar-refractivity contribution in [2.24, 2.45) is 5.92 Å². The first-order chi connectivity index (χ1) is 14.3. The van der Waals surface area contributed by atoms with Crippen molar-refractivity contribution in [1.82, 2.24) is 15.0 Å². The van der Waals surface area contributed by atoms with Gasteiger partial charge in [0.1, 0.15) is 5.75 Å². The molecule has 0 radical (unpaired) electrons. The molecule has 1 saturated heterocycles. The van der Waals surface area contributed by atoms with Gasteiger partial charge in [-0.15, -0.1) is 0 Å². The predicted octanol–water partition coefficient (Wildman–Crippen LogP) is 0.294. The molecule has 7 nitrogen and oxygen atoms in total. The zero-order chi connectivity index (χ0) is 21.3. The summed E-state index contributed by atoms with van der Waals surface area (Å²) in [6.07, 6.45) is 1.76. The molecule has 0 aliphatic carbocycles. The minimum absolute atomic E-state index is 0. The molecule has 0 amide bonds. The minimum atomic E-state index is -1.39. The first kappa shape index (κ1) is 24.0. The smallest absolute Gasteiger partial charge is 0.492 e. The minimum Gasteiger partial charge on any atom is -0.492 e. The van der Waals surface area contributed by atoms with E-state index in [9.17, 15) is 4.21 Å².